The summed E-state index contributed by atoms with van der Waals surface area (Å²) in [5, 5.41) is 22.5. The molecule has 9 nitrogen and oxygen atoms in total. The van der Waals surface area contributed by atoms with E-state index >= 15 is 0 Å². The molecule has 3 radical (unpaired) electrons. The molecule has 10 heteroatoms. The van der Waals surface area contributed by atoms with E-state index in [0.717, 1.165) is 41.0 Å². The molecule has 0 aromatic heterocycles. The highest BCUT2D eigenvalue weighted by atomic mass is 16.3. The minimum absolute atomic E-state index is 0. The number of fused-ring (bicyclic) bond motifs is 4. The molecule has 4 aliphatic heterocycles. The maximum absolute atomic E-state index is 13.5. The first-order valence-electron chi connectivity index (χ1n) is 17.7. The number of ketones is 1. The number of benzene rings is 6. The molecule has 3 amide bonds. The van der Waals surface area contributed by atoms with Gasteiger partial charge in [-0.2, -0.15) is 0 Å². The highest BCUT2D eigenvalue weighted by molar-refractivity contribution is 6.51. The molecule has 4 heterocycles. The van der Waals surface area contributed by atoms with Crippen molar-refractivity contribution in [2.45, 2.75) is 24.4 Å². The van der Waals surface area contributed by atoms with Gasteiger partial charge in [0.2, 0.25) is 5.91 Å². The maximum Gasteiger partial charge on any atom is 0.296 e. The smallest absolute Gasteiger partial charge is 0.296 e. The van der Waals surface area contributed by atoms with Crippen LogP contribution in [-0.4, -0.2) is 43.6 Å². The van der Waals surface area contributed by atoms with Crippen LogP contribution in [0, 0.1) is 6.92 Å². The number of aryl methyl sites for hydroxylation is 1. The van der Waals surface area contributed by atoms with Gasteiger partial charge in [0.15, 0.2) is 5.60 Å². The molecule has 6 aromatic rings. The lowest BCUT2D eigenvalue weighted by molar-refractivity contribution is -0.129. The normalized spacial score (nSPS) is 19.3. The number of para-hydroxylation sites is 3. The van der Waals surface area contributed by atoms with E-state index in [0.29, 0.717) is 28.1 Å². The average molecular weight is 724 g/mol. The molecular formula is C45H36BN4O5. The summed E-state index contributed by atoms with van der Waals surface area (Å²) in [5.74, 6) is -1.36. The molecule has 0 spiro atoms. The predicted molar refractivity (Wildman–Crippen MR) is 214 cm³/mol. The monoisotopic (exact) mass is 723 g/mol. The Balaban J connectivity index is 0.000000138. The Morgan fingerprint density at radius 2 is 1.11 bits per heavy atom. The van der Waals surface area contributed by atoms with E-state index in [1.54, 1.807) is 48.5 Å². The van der Waals surface area contributed by atoms with E-state index in [2.05, 4.69) is 58.5 Å². The molecule has 2 unspecified atom stereocenters. The van der Waals surface area contributed by atoms with Crippen molar-refractivity contribution in [1.82, 2.24) is 0 Å². The number of aliphatic hydroxyl groups is 1. The molecule has 55 heavy (non-hydrogen) atoms. The van der Waals surface area contributed by atoms with E-state index in [4.69, 9.17) is 0 Å². The highest BCUT2D eigenvalue weighted by Gasteiger charge is 2.51. The van der Waals surface area contributed by atoms with Gasteiger partial charge in [0.05, 0.1) is 11.3 Å². The van der Waals surface area contributed by atoms with E-state index in [1.807, 2.05) is 66.7 Å². The Labute approximate surface area is 320 Å². The van der Waals surface area contributed by atoms with Crippen LogP contribution in [0.15, 0.2) is 146 Å². The number of amides is 3. The molecule has 0 fully saturated rings. The van der Waals surface area contributed by atoms with Crippen molar-refractivity contribution in [2.75, 3.05) is 27.8 Å². The lowest BCUT2D eigenvalue weighted by Crippen LogP contribution is -2.37. The SMILES string of the molecule is Cc1cc2c(c(C3(c4ccccc4)C(=O)Nc4ccccc43)c1)NCC2.O=C1Nc2ccccc2C1(O)c1ccccc1.O=C1Nc2ccccc2C1=O.[B]. The van der Waals surface area contributed by atoms with Crippen LogP contribution in [0.4, 0.5) is 22.7 Å². The number of carbonyl (C=O) groups excluding carboxylic acids is 4. The van der Waals surface area contributed by atoms with Gasteiger partial charge in [0, 0.05) is 48.7 Å². The summed E-state index contributed by atoms with van der Waals surface area (Å²) >= 11 is 0. The third kappa shape index (κ3) is 6.06. The minimum atomic E-state index is -1.57. The van der Waals surface area contributed by atoms with Gasteiger partial charge < -0.3 is 26.4 Å². The Morgan fingerprint density at radius 3 is 1.78 bits per heavy atom. The quantitative estimate of drug-likeness (QED) is 0.104. The van der Waals surface area contributed by atoms with E-state index < -0.39 is 28.6 Å². The van der Waals surface area contributed by atoms with Crippen LogP contribution in [0.2, 0.25) is 0 Å². The van der Waals surface area contributed by atoms with Crippen LogP contribution in [0.3, 0.4) is 0 Å². The number of anilines is 4. The Morgan fingerprint density at radius 1 is 0.564 bits per heavy atom. The summed E-state index contributed by atoms with van der Waals surface area (Å²) in [5.41, 5.74) is 8.13. The number of rotatable bonds is 3. The molecule has 6 aromatic carbocycles. The average Bonchev–Trinajstić information content (AvgIpc) is 3.94. The standard InChI is InChI=1S/C23H20N2O.C14H11NO2.C8H5NO2.B/c1-15-13-16-11-12-24-21(16)19(14-15)23(17-7-3-2-4-8-17)18-9-5-6-10-20(18)25-22(23)26;16-13-14(17,10-6-2-1-3-7-10)11-8-4-5-9-12(11)15-13;10-7-5-3-1-2-4-6(5)9-8(7)11;/h2-10,13-14,24H,11-12H2,1H3,(H,25,26);1-9,17H,(H,15,16);1-4H,(H,9,10,11);. The number of nitrogens with one attached hydrogen (secondary N) is 4. The number of hydrogen-bond donors (Lipinski definition) is 5. The Bertz CT molecular complexity index is 2470. The van der Waals surface area contributed by atoms with E-state index in [9.17, 15) is 24.3 Å². The molecule has 2 atom stereocenters. The van der Waals surface area contributed by atoms with Gasteiger partial charge in [-0.3, -0.25) is 19.2 Å². The zero-order valence-electron chi connectivity index (χ0n) is 29.9. The van der Waals surface area contributed by atoms with Gasteiger partial charge in [0.1, 0.15) is 5.41 Å². The lowest BCUT2D eigenvalue weighted by atomic mass is 9.69. The first-order valence-corrected chi connectivity index (χ1v) is 17.7. The fraction of sp³-hybridized carbons (Fsp3) is 0.111. The van der Waals surface area contributed by atoms with Crippen LogP contribution in [0.5, 0.6) is 0 Å². The third-order valence-electron chi connectivity index (χ3n) is 10.3. The van der Waals surface area contributed by atoms with Crippen molar-refractivity contribution in [1.29, 1.82) is 0 Å². The van der Waals surface area contributed by atoms with Gasteiger partial charge in [-0.1, -0.05) is 127 Å². The molecule has 269 valence electrons. The molecule has 4 aliphatic rings. The summed E-state index contributed by atoms with van der Waals surface area (Å²) < 4.78 is 0. The van der Waals surface area contributed by atoms with Crippen molar-refractivity contribution in [3.8, 4) is 0 Å². The first-order chi connectivity index (χ1) is 26.2. The third-order valence-corrected chi connectivity index (χ3v) is 10.3. The Kier molecular flexibility index (Phi) is 9.69. The van der Waals surface area contributed by atoms with Crippen LogP contribution in [0.1, 0.15) is 49.3 Å². The Hall–Kier alpha value is -6.78. The summed E-state index contributed by atoms with van der Waals surface area (Å²) in [6.07, 6.45) is 0.998. The van der Waals surface area contributed by atoms with Crippen LogP contribution in [-0.2, 0) is 31.8 Å². The largest absolute Gasteiger partial charge is 0.384 e. The summed E-state index contributed by atoms with van der Waals surface area (Å²) in [6.45, 7) is 3.03. The first kappa shape index (κ1) is 36.6. The van der Waals surface area contributed by atoms with Crippen LogP contribution < -0.4 is 21.3 Å². The van der Waals surface area contributed by atoms with Gasteiger partial charge in [-0.25, -0.2) is 0 Å². The minimum Gasteiger partial charge on any atom is -0.384 e. The fourth-order valence-electron chi connectivity index (χ4n) is 7.84. The second kappa shape index (κ2) is 14.6. The van der Waals surface area contributed by atoms with E-state index in [1.165, 1.54) is 11.1 Å². The molecule has 10 rings (SSSR count). The summed E-state index contributed by atoms with van der Waals surface area (Å²) in [7, 11) is 0. The predicted octanol–water partition coefficient (Wildman–Crippen LogP) is 6.56. The van der Waals surface area contributed by atoms with Gasteiger partial charge in [0.25, 0.3) is 17.6 Å². The molecular weight excluding hydrogens is 687 g/mol. The van der Waals surface area contributed by atoms with Crippen molar-refractivity contribution in [2.24, 2.45) is 0 Å². The van der Waals surface area contributed by atoms with Gasteiger partial charge in [-0.05, 0) is 54.3 Å². The van der Waals surface area contributed by atoms with Crippen molar-refractivity contribution in [3.05, 3.63) is 190 Å². The van der Waals surface area contributed by atoms with Crippen molar-refractivity contribution >= 4 is 54.7 Å². The molecule has 0 bridgehead atoms. The number of carbonyl (C=O) groups is 4. The van der Waals surface area contributed by atoms with E-state index in [-0.39, 0.29) is 14.3 Å². The molecule has 0 aliphatic carbocycles. The van der Waals surface area contributed by atoms with Crippen molar-refractivity contribution in [3.63, 3.8) is 0 Å². The molecule has 5 N–H and O–H groups in total. The topological polar surface area (TPSA) is 137 Å². The second-order valence-electron chi connectivity index (χ2n) is 13.5. The van der Waals surface area contributed by atoms with Crippen molar-refractivity contribution < 1.29 is 24.3 Å². The zero-order chi connectivity index (χ0) is 37.5. The highest BCUT2D eigenvalue weighted by Crippen LogP contribution is 2.51. The summed E-state index contributed by atoms with van der Waals surface area (Å²) in [6, 6.07) is 45.6. The summed E-state index contributed by atoms with van der Waals surface area (Å²) in [4.78, 5) is 47.3. The zero-order valence-corrected chi connectivity index (χ0v) is 29.9. The van der Waals surface area contributed by atoms with Gasteiger partial charge in [-0.15, -0.1) is 0 Å². The van der Waals surface area contributed by atoms with Crippen LogP contribution in [0.25, 0.3) is 0 Å². The van der Waals surface area contributed by atoms with Crippen LogP contribution >= 0.6 is 0 Å². The lowest BCUT2D eigenvalue weighted by Gasteiger charge is -2.31. The second-order valence-corrected chi connectivity index (χ2v) is 13.5. The number of hydrogen-bond acceptors (Lipinski definition) is 6. The fourth-order valence-corrected chi connectivity index (χ4v) is 7.84. The maximum atomic E-state index is 13.5. The molecule has 0 saturated heterocycles. The number of Topliss-reactive ketones (excluding diaryl/α,β-unsaturated/α-hetero) is 1. The molecule has 0 saturated carbocycles. The van der Waals surface area contributed by atoms with Gasteiger partial charge >= 0.3 is 0 Å².